The van der Waals surface area contributed by atoms with Gasteiger partial charge in [0.15, 0.2) is 0 Å². The number of likely N-dealkylation sites (tertiary alicyclic amines) is 1. The molecule has 1 fully saturated rings. The van der Waals surface area contributed by atoms with Gasteiger partial charge < -0.3 is 4.90 Å². The molecule has 0 bridgehead atoms. The number of rotatable bonds is 4. The minimum absolute atomic E-state index is 0.140. The number of nitrogens with zero attached hydrogens (tertiary/aromatic N) is 4. The second-order valence-electron chi connectivity index (χ2n) is 7.54. The van der Waals surface area contributed by atoms with E-state index in [9.17, 15) is 4.79 Å². The number of hydrogen-bond acceptors (Lipinski definition) is 3. The van der Waals surface area contributed by atoms with E-state index in [-0.39, 0.29) is 11.9 Å². The molecule has 5 heteroatoms. The van der Waals surface area contributed by atoms with E-state index in [1.165, 1.54) is 6.42 Å². The summed E-state index contributed by atoms with van der Waals surface area (Å²) in [4.78, 5) is 20.2. The summed E-state index contributed by atoms with van der Waals surface area (Å²) in [5, 5.41) is 5.26. The summed E-state index contributed by atoms with van der Waals surface area (Å²) in [6.07, 6.45) is 8.05. The molecule has 1 aliphatic rings. The van der Waals surface area contributed by atoms with E-state index in [4.69, 9.17) is 0 Å². The minimum atomic E-state index is 0.140. The van der Waals surface area contributed by atoms with Gasteiger partial charge in [0.25, 0.3) is 5.91 Å². The summed E-state index contributed by atoms with van der Waals surface area (Å²) in [5.41, 5.74) is 3.72. The van der Waals surface area contributed by atoms with Crippen LogP contribution in [0.25, 0.3) is 10.9 Å². The van der Waals surface area contributed by atoms with Crippen LogP contribution in [0.4, 0.5) is 0 Å². The molecule has 2 aromatic heterocycles. The van der Waals surface area contributed by atoms with Gasteiger partial charge in [-0.1, -0.05) is 11.6 Å². The lowest BCUT2D eigenvalue weighted by atomic mass is 9.97. The second-order valence-corrected chi connectivity index (χ2v) is 7.54. The monoisotopic (exact) mass is 362 g/mol. The fraction of sp³-hybridized carbons (Fsp3) is 0.409. The number of piperidine rings is 1. The van der Waals surface area contributed by atoms with Gasteiger partial charge in [-0.25, -0.2) is 0 Å². The van der Waals surface area contributed by atoms with Gasteiger partial charge in [-0.15, -0.1) is 0 Å². The zero-order valence-electron chi connectivity index (χ0n) is 16.1. The fourth-order valence-corrected chi connectivity index (χ4v) is 4.09. The molecule has 1 unspecified atom stereocenters. The summed E-state index contributed by atoms with van der Waals surface area (Å²) >= 11 is 0. The highest BCUT2D eigenvalue weighted by Gasteiger charge is 2.28. The molecule has 1 amide bonds. The van der Waals surface area contributed by atoms with Crippen molar-refractivity contribution < 1.29 is 4.79 Å². The van der Waals surface area contributed by atoms with Crippen LogP contribution in [0.2, 0.25) is 0 Å². The highest BCUT2D eigenvalue weighted by molar-refractivity contribution is 6.06. The Morgan fingerprint density at radius 2 is 2.11 bits per heavy atom. The van der Waals surface area contributed by atoms with E-state index in [1.54, 1.807) is 6.20 Å². The highest BCUT2D eigenvalue weighted by atomic mass is 16.2. The Kier molecular flexibility index (Phi) is 4.92. The molecule has 5 nitrogen and oxygen atoms in total. The first-order valence-corrected chi connectivity index (χ1v) is 9.78. The van der Waals surface area contributed by atoms with Gasteiger partial charge in [0.1, 0.15) is 0 Å². The number of hydrogen-bond donors (Lipinski definition) is 0. The molecule has 1 atom stereocenters. The Labute approximate surface area is 160 Å². The first-order chi connectivity index (χ1) is 13.1. The lowest BCUT2D eigenvalue weighted by molar-refractivity contribution is 0.0596. The van der Waals surface area contributed by atoms with Gasteiger partial charge in [0.2, 0.25) is 0 Å². The smallest absolute Gasteiger partial charge is 0.254 e. The molecule has 1 aliphatic heterocycles. The number of carbonyl (C=O) groups is 1. The molecular formula is C22H26N4O. The Morgan fingerprint density at radius 1 is 1.22 bits per heavy atom. The summed E-state index contributed by atoms with van der Waals surface area (Å²) < 4.78 is 1.95. The largest absolute Gasteiger partial charge is 0.336 e. The molecule has 0 spiro atoms. The minimum Gasteiger partial charge on any atom is -0.336 e. The van der Waals surface area contributed by atoms with Crippen molar-refractivity contribution in [2.75, 3.05) is 6.54 Å². The molecule has 3 aromatic rings. The number of carbonyl (C=O) groups excluding carboxylic acids is 1. The van der Waals surface area contributed by atoms with Crippen molar-refractivity contribution in [1.29, 1.82) is 0 Å². The molecule has 140 valence electrons. The van der Waals surface area contributed by atoms with E-state index in [1.807, 2.05) is 36.0 Å². The van der Waals surface area contributed by atoms with Gasteiger partial charge in [-0.3, -0.25) is 14.5 Å². The van der Waals surface area contributed by atoms with E-state index < -0.39 is 0 Å². The van der Waals surface area contributed by atoms with Gasteiger partial charge in [0, 0.05) is 42.6 Å². The molecular weight excluding hydrogens is 336 g/mol. The zero-order valence-corrected chi connectivity index (χ0v) is 16.1. The van der Waals surface area contributed by atoms with Crippen molar-refractivity contribution in [3.8, 4) is 0 Å². The maximum atomic E-state index is 13.5. The lowest BCUT2D eigenvalue weighted by Crippen LogP contribution is -2.44. The van der Waals surface area contributed by atoms with Crippen LogP contribution in [-0.2, 0) is 6.54 Å². The van der Waals surface area contributed by atoms with Crippen LogP contribution in [0.1, 0.15) is 47.3 Å². The van der Waals surface area contributed by atoms with E-state index in [2.05, 4.69) is 34.0 Å². The summed E-state index contributed by atoms with van der Waals surface area (Å²) in [6.45, 7) is 5.69. The quantitative estimate of drug-likeness (QED) is 0.701. The SMILES string of the molecule is Cc1ccc2nc(C)cc(C(=O)N3CCCCC3CCn3cccn3)c2c1. The van der Waals surface area contributed by atoms with Crippen molar-refractivity contribution in [3.05, 3.63) is 59.5 Å². The third-order valence-electron chi connectivity index (χ3n) is 5.46. The summed E-state index contributed by atoms with van der Waals surface area (Å²) in [5.74, 6) is 0.140. The summed E-state index contributed by atoms with van der Waals surface area (Å²) in [6, 6.07) is 10.3. The van der Waals surface area contributed by atoms with Crippen LogP contribution in [0.5, 0.6) is 0 Å². The number of fused-ring (bicyclic) bond motifs is 1. The lowest BCUT2D eigenvalue weighted by Gasteiger charge is -2.36. The van der Waals surface area contributed by atoms with Gasteiger partial charge in [-0.05, 0) is 63.8 Å². The Morgan fingerprint density at radius 3 is 2.93 bits per heavy atom. The number of aromatic nitrogens is 3. The van der Waals surface area contributed by atoms with E-state index >= 15 is 0 Å². The molecule has 27 heavy (non-hydrogen) atoms. The first-order valence-electron chi connectivity index (χ1n) is 9.78. The maximum absolute atomic E-state index is 13.5. The van der Waals surface area contributed by atoms with E-state index in [0.717, 1.165) is 60.1 Å². The summed E-state index contributed by atoms with van der Waals surface area (Å²) in [7, 11) is 0. The molecule has 1 aromatic carbocycles. The van der Waals surface area contributed by atoms with Gasteiger partial charge in [-0.2, -0.15) is 5.10 Å². The third kappa shape index (κ3) is 3.72. The molecule has 0 radical (unpaired) electrons. The van der Waals surface area contributed by atoms with Crippen LogP contribution in [-0.4, -0.2) is 38.2 Å². The normalized spacial score (nSPS) is 17.4. The zero-order chi connectivity index (χ0) is 18.8. The van der Waals surface area contributed by atoms with E-state index in [0.29, 0.717) is 0 Å². The van der Waals surface area contributed by atoms with Crippen LogP contribution in [0.3, 0.4) is 0 Å². The Hall–Kier alpha value is -2.69. The Balaban J connectivity index is 1.63. The average Bonchev–Trinajstić information content (AvgIpc) is 3.19. The van der Waals surface area contributed by atoms with Crippen molar-refractivity contribution in [2.24, 2.45) is 0 Å². The predicted octanol–water partition coefficient (Wildman–Crippen LogP) is 4.13. The number of benzene rings is 1. The van der Waals surface area contributed by atoms with Crippen LogP contribution in [0.15, 0.2) is 42.7 Å². The Bertz CT molecular complexity index is 948. The maximum Gasteiger partial charge on any atom is 0.254 e. The topological polar surface area (TPSA) is 51.0 Å². The highest BCUT2D eigenvalue weighted by Crippen LogP contribution is 2.26. The fourth-order valence-electron chi connectivity index (χ4n) is 4.09. The van der Waals surface area contributed by atoms with Crippen LogP contribution in [0, 0.1) is 13.8 Å². The molecule has 3 heterocycles. The van der Waals surface area contributed by atoms with Crippen LogP contribution >= 0.6 is 0 Å². The van der Waals surface area contributed by atoms with Crippen molar-refractivity contribution in [3.63, 3.8) is 0 Å². The first kappa shape index (κ1) is 17.7. The number of aryl methyl sites for hydroxylation is 3. The molecule has 0 N–H and O–H groups in total. The standard InChI is InChI=1S/C22H26N4O/c1-16-7-8-21-19(14-16)20(15-17(2)24-21)22(27)26-12-4-3-6-18(26)9-13-25-11-5-10-23-25/h5,7-8,10-11,14-15,18H,3-4,6,9,12-13H2,1-2H3. The van der Waals surface area contributed by atoms with Crippen molar-refractivity contribution in [1.82, 2.24) is 19.7 Å². The molecule has 1 saturated heterocycles. The third-order valence-corrected chi connectivity index (χ3v) is 5.46. The van der Waals surface area contributed by atoms with Gasteiger partial charge >= 0.3 is 0 Å². The van der Waals surface area contributed by atoms with Crippen LogP contribution < -0.4 is 0 Å². The molecule has 0 aliphatic carbocycles. The van der Waals surface area contributed by atoms with Gasteiger partial charge in [0.05, 0.1) is 11.1 Å². The molecule has 0 saturated carbocycles. The molecule has 4 rings (SSSR count). The average molecular weight is 362 g/mol. The number of amides is 1. The predicted molar refractivity (Wildman–Crippen MR) is 107 cm³/mol. The number of pyridine rings is 1. The second kappa shape index (κ2) is 7.51. The van der Waals surface area contributed by atoms with Crippen molar-refractivity contribution >= 4 is 16.8 Å². The van der Waals surface area contributed by atoms with Crippen molar-refractivity contribution in [2.45, 2.75) is 52.1 Å².